The van der Waals surface area contributed by atoms with Crippen LogP contribution < -0.4 is 10.6 Å². The number of hydrogen-bond donors (Lipinski definition) is 2. The maximum atomic E-state index is 12.4. The van der Waals surface area contributed by atoms with Crippen LogP contribution in [0.25, 0.3) is 0 Å². The van der Waals surface area contributed by atoms with Gasteiger partial charge in [0, 0.05) is 13.1 Å². The molecule has 0 heterocycles. The second-order valence-electron chi connectivity index (χ2n) is 6.78. The molecule has 0 aliphatic carbocycles. The molecule has 25 heavy (non-hydrogen) atoms. The molecule has 2 aromatic carbocycles. The molecule has 0 fully saturated rings. The first kappa shape index (κ1) is 18.7. The number of benzene rings is 2. The van der Waals surface area contributed by atoms with Gasteiger partial charge in [-0.25, -0.2) is 0 Å². The number of rotatable bonds is 7. The van der Waals surface area contributed by atoms with E-state index in [2.05, 4.69) is 10.6 Å². The van der Waals surface area contributed by atoms with E-state index in [1.807, 2.05) is 61.5 Å². The number of aryl methyl sites for hydroxylation is 1. The molecule has 0 atom stereocenters. The fraction of sp³-hybridized carbons (Fsp3) is 0.333. The van der Waals surface area contributed by atoms with Gasteiger partial charge in [-0.2, -0.15) is 0 Å². The summed E-state index contributed by atoms with van der Waals surface area (Å²) in [7, 11) is 0. The highest BCUT2D eigenvalue weighted by Crippen LogP contribution is 2.16. The van der Waals surface area contributed by atoms with Crippen LogP contribution in [0, 0.1) is 12.3 Å². The fourth-order valence-electron chi connectivity index (χ4n) is 2.40. The van der Waals surface area contributed by atoms with Crippen molar-refractivity contribution in [2.24, 2.45) is 5.41 Å². The third-order valence-electron chi connectivity index (χ3n) is 4.25. The molecule has 0 saturated heterocycles. The molecule has 4 heteroatoms. The maximum absolute atomic E-state index is 12.4. The predicted octanol–water partition coefficient (Wildman–Crippen LogP) is 3.00. The van der Waals surface area contributed by atoms with Gasteiger partial charge in [-0.05, 0) is 38.3 Å². The number of nitrogens with one attached hydrogen (secondary N) is 2. The van der Waals surface area contributed by atoms with Crippen molar-refractivity contribution in [3.05, 3.63) is 71.3 Å². The van der Waals surface area contributed by atoms with Gasteiger partial charge in [-0.1, -0.05) is 60.2 Å². The third kappa shape index (κ3) is 5.45. The Labute approximate surface area is 149 Å². The first-order chi connectivity index (χ1) is 11.9. The van der Waals surface area contributed by atoms with Gasteiger partial charge in [0.15, 0.2) is 0 Å². The lowest BCUT2D eigenvalue weighted by molar-refractivity contribution is -0.141. The second-order valence-corrected chi connectivity index (χ2v) is 6.78. The standard InChI is InChI=1S/C21H26N2O2/c1-16-9-11-18(12-10-16)15-23-20(25)21(2,3)19(24)22-14-13-17-7-5-4-6-8-17/h4-12H,13-15H2,1-3H3,(H,22,24)(H,23,25). The van der Waals surface area contributed by atoms with Gasteiger partial charge in [0.2, 0.25) is 11.8 Å². The Balaban J connectivity index is 1.82. The van der Waals surface area contributed by atoms with Crippen LogP contribution >= 0.6 is 0 Å². The molecule has 0 aliphatic rings. The van der Waals surface area contributed by atoms with Crippen molar-refractivity contribution in [3.8, 4) is 0 Å². The van der Waals surface area contributed by atoms with Crippen molar-refractivity contribution in [2.75, 3.05) is 6.54 Å². The Morgan fingerprint density at radius 3 is 2.08 bits per heavy atom. The Morgan fingerprint density at radius 1 is 0.840 bits per heavy atom. The molecule has 0 unspecified atom stereocenters. The topological polar surface area (TPSA) is 58.2 Å². The summed E-state index contributed by atoms with van der Waals surface area (Å²) in [6.07, 6.45) is 0.744. The zero-order valence-electron chi connectivity index (χ0n) is 15.1. The zero-order valence-corrected chi connectivity index (χ0v) is 15.1. The van der Waals surface area contributed by atoms with Crippen LogP contribution in [-0.2, 0) is 22.6 Å². The van der Waals surface area contributed by atoms with Crippen LogP contribution in [0.5, 0.6) is 0 Å². The quantitative estimate of drug-likeness (QED) is 0.763. The summed E-state index contributed by atoms with van der Waals surface area (Å²) >= 11 is 0. The minimum atomic E-state index is -1.11. The van der Waals surface area contributed by atoms with Crippen LogP contribution in [0.15, 0.2) is 54.6 Å². The minimum Gasteiger partial charge on any atom is -0.355 e. The summed E-state index contributed by atoms with van der Waals surface area (Å²) in [6.45, 7) is 6.24. The van der Waals surface area contributed by atoms with Crippen LogP contribution in [0.4, 0.5) is 0 Å². The van der Waals surface area contributed by atoms with Crippen molar-refractivity contribution in [1.29, 1.82) is 0 Å². The van der Waals surface area contributed by atoms with Crippen LogP contribution in [0.1, 0.15) is 30.5 Å². The van der Waals surface area contributed by atoms with Gasteiger partial charge in [0.05, 0.1) is 0 Å². The van der Waals surface area contributed by atoms with Gasteiger partial charge < -0.3 is 10.6 Å². The molecule has 0 radical (unpaired) electrons. The lowest BCUT2D eigenvalue weighted by Crippen LogP contribution is -2.48. The van der Waals surface area contributed by atoms with E-state index in [9.17, 15) is 9.59 Å². The van der Waals surface area contributed by atoms with Crippen molar-refractivity contribution in [2.45, 2.75) is 33.7 Å². The number of carbonyl (C=O) groups is 2. The SMILES string of the molecule is Cc1ccc(CNC(=O)C(C)(C)C(=O)NCCc2ccccc2)cc1. The Hall–Kier alpha value is -2.62. The molecule has 2 amide bonds. The summed E-state index contributed by atoms with van der Waals surface area (Å²) < 4.78 is 0. The van der Waals surface area contributed by atoms with Crippen molar-refractivity contribution in [1.82, 2.24) is 10.6 Å². The van der Waals surface area contributed by atoms with Gasteiger partial charge in [-0.3, -0.25) is 9.59 Å². The summed E-state index contributed by atoms with van der Waals surface area (Å²) in [4.78, 5) is 24.8. The van der Waals surface area contributed by atoms with Crippen molar-refractivity contribution < 1.29 is 9.59 Å². The lowest BCUT2D eigenvalue weighted by atomic mass is 9.91. The molecule has 0 aliphatic heterocycles. The molecule has 4 nitrogen and oxygen atoms in total. The minimum absolute atomic E-state index is 0.259. The summed E-state index contributed by atoms with van der Waals surface area (Å²) in [5.41, 5.74) is 2.23. The monoisotopic (exact) mass is 338 g/mol. The number of hydrogen-bond acceptors (Lipinski definition) is 2. The molecule has 0 aromatic heterocycles. The van der Waals surface area contributed by atoms with E-state index in [0.717, 1.165) is 17.5 Å². The number of carbonyl (C=O) groups excluding carboxylic acids is 2. The van der Waals surface area contributed by atoms with E-state index >= 15 is 0 Å². The molecule has 2 N–H and O–H groups in total. The summed E-state index contributed by atoms with van der Waals surface area (Å²) in [5.74, 6) is -0.532. The highest BCUT2D eigenvalue weighted by Gasteiger charge is 2.35. The molecular weight excluding hydrogens is 312 g/mol. The predicted molar refractivity (Wildman–Crippen MR) is 100.0 cm³/mol. The van der Waals surface area contributed by atoms with Crippen LogP contribution in [-0.4, -0.2) is 18.4 Å². The number of amides is 2. The van der Waals surface area contributed by atoms with E-state index in [1.165, 1.54) is 5.56 Å². The second kappa shape index (κ2) is 8.47. The molecule has 0 bridgehead atoms. The van der Waals surface area contributed by atoms with Crippen LogP contribution in [0.3, 0.4) is 0 Å². The Bertz CT molecular complexity index is 706. The molecule has 2 rings (SSSR count). The average Bonchev–Trinajstić information content (AvgIpc) is 2.61. The van der Waals surface area contributed by atoms with Gasteiger partial charge in [-0.15, -0.1) is 0 Å². The normalized spacial score (nSPS) is 11.0. The molecule has 132 valence electrons. The van der Waals surface area contributed by atoms with E-state index in [-0.39, 0.29) is 11.8 Å². The maximum Gasteiger partial charge on any atom is 0.235 e. The average molecular weight is 338 g/mol. The lowest BCUT2D eigenvalue weighted by Gasteiger charge is -2.22. The van der Waals surface area contributed by atoms with Gasteiger partial charge in [0.25, 0.3) is 0 Å². The largest absolute Gasteiger partial charge is 0.355 e. The van der Waals surface area contributed by atoms with Crippen LogP contribution in [0.2, 0.25) is 0 Å². The smallest absolute Gasteiger partial charge is 0.235 e. The first-order valence-corrected chi connectivity index (χ1v) is 8.55. The van der Waals surface area contributed by atoms with Gasteiger partial charge in [0.1, 0.15) is 5.41 Å². The summed E-state index contributed by atoms with van der Waals surface area (Å²) in [6, 6.07) is 17.9. The molecule has 0 spiro atoms. The zero-order chi connectivity index (χ0) is 18.3. The van der Waals surface area contributed by atoms with E-state index in [4.69, 9.17) is 0 Å². The highest BCUT2D eigenvalue weighted by atomic mass is 16.2. The van der Waals surface area contributed by atoms with Crippen molar-refractivity contribution in [3.63, 3.8) is 0 Å². The molecule has 2 aromatic rings. The van der Waals surface area contributed by atoms with E-state index < -0.39 is 5.41 Å². The third-order valence-corrected chi connectivity index (χ3v) is 4.25. The van der Waals surface area contributed by atoms with Crippen molar-refractivity contribution >= 4 is 11.8 Å². The Morgan fingerprint density at radius 2 is 1.44 bits per heavy atom. The summed E-state index contributed by atoms with van der Waals surface area (Å²) in [5, 5.41) is 5.71. The Kier molecular flexibility index (Phi) is 6.34. The fourth-order valence-corrected chi connectivity index (χ4v) is 2.40. The van der Waals surface area contributed by atoms with E-state index in [1.54, 1.807) is 13.8 Å². The molecular formula is C21H26N2O2. The van der Waals surface area contributed by atoms with E-state index in [0.29, 0.717) is 13.1 Å². The molecule has 0 saturated carbocycles. The first-order valence-electron chi connectivity index (χ1n) is 8.55. The van der Waals surface area contributed by atoms with Gasteiger partial charge >= 0.3 is 0 Å². The highest BCUT2D eigenvalue weighted by molar-refractivity contribution is 6.04.